The van der Waals surface area contributed by atoms with Crippen LogP contribution < -0.4 is 14.8 Å². The van der Waals surface area contributed by atoms with Crippen molar-refractivity contribution in [2.45, 2.75) is 20.0 Å². The molecule has 3 aromatic carbocycles. The molecular formula is C30H26BrN3O5. The van der Waals surface area contributed by atoms with Gasteiger partial charge in [0, 0.05) is 23.6 Å². The van der Waals surface area contributed by atoms with E-state index in [-0.39, 0.29) is 17.7 Å². The van der Waals surface area contributed by atoms with E-state index in [1.165, 1.54) is 18.2 Å². The van der Waals surface area contributed by atoms with Gasteiger partial charge in [-0.3, -0.25) is 4.79 Å². The van der Waals surface area contributed by atoms with Crippen LogP contribution >= 0.6 is 15.9 Å². The van der Waals surface area contributed by atoms with E-state index in [0.29, 0.717) is 41.1 Å². The molecule has 0 aliphatic heterocycles. The zero-order chi connectivity index (χ0) is 27.8. The molecule has 0 spiro atoms. The predicted molar refractivity (Wildman–Crippen MR) is 152 cm³/mol. The molecule has 0 saturated heterocycles. The molecule has 198 valence electrons. The lowest BCUT2D eigenvalue weighted by Crippen LogP contribution is -2.26. The Balaban J connectivity index is 1.45. The second-order valence-corrected chi connectivity index (χ2v) is 9.44. The molecule has 0 atom stereocenters. The third kappa shape index (κ3) is 6.86. The van der Waals surface area contributed by atoms with E-state index < -0.39 is 11.9 Å². The van der Waals surface area contributed by atoms with Crippen LogP contribution in [0.4, 0.5) is 0 Å². The van der Waals surface area contributed by atoms with Crippen LogP contribution in [0.25, 0.3) is 17.0 Å². The largest absolute Gasteiger partial charge is 0.490 e. The number of nitrogens with zero attached hydrogens (tertiary/aromatic N) is 1. The molecule has 9 heteroatoms. The monoisotopic (exact) mass is 587 g/mol. The van der Waals surface area contributed by atoms with Crippen molar-refractivity contribution in [3.05, 3.63) is 99.2 Å². The van der Waals surface area contributed by atoms with Crippen molar-refractivity contribution in [2.75, 3.05) is 13.2 Å². The van der Waals surface area contributed by atoms with Crippen molar-refractivity contribution >= 4 is 44.8 Å². The molecule has 0 saturated carbocycles. The van der Waals surface area contributed by atoms with Crippen LogP contribution in [-0.2, 0) is 17.8 Å². The molecule has 0 unspecified atom stereocenters. The highest BCUT2D eigenvalue weighted by Crippen LogP contribution is 2.38. The second-order valence-electron chi connectivity index (χ2n) is 8.59. The maximum Gasteiger partial charge on any atom is 0.335 e. The third-order valence-corrected chi connectivity index (χ3v) is 6.54. The number of aromatic nitrogens is 1. The number of aromatic carboxylic acids is 1. The molecule has 0 aliphatic rings. The molecule has 3 N–H and O–H groups in total. The van der Waals surface area contributed by atoms with E-state index in [9.17, 15) is 14.9 Å². The molecule has 1 heterocycles. The number of para-hydroxylation sites is 1. The summed E-state index contributed by atoms with van der Waals surface area (Å²) in [6.07, 6.45) is 4.06. The second kappa shape index (κ2) is 12.8. The number of hydrogen-bond acceptors (Lipinski definition) is 5. The first kappa shape index (κ1) is 27.5. The fourth-order valence-corrected chi connectivity index (χ4v) is 4.61. The molecule has 39 heavy (non-hydrogen) atoms. The Bertz CT molecular complexity index is 1570. The summed E-state index contributed by atoms with van der Waals surface area (Å²) < 4.78 is 12.3. The summed E-state index contributed by atoms with van der Waals surface area (Å²) in [5.74, 6) is -0.556. The fourth-order valence-electron chi connectivity index (χ4n) is 4.03. The Morgan fingerprint density at radius 3 is 2.62 bits per heavy atom. The van der Waals surface area contributed by atoms with Crippen LogP contribution in [0.1, 0.15) is 34.0 Å². The van der Waals surface area contributed by atoms with Gasteiger partial charge in [0.25, 0.3) is 5.91 Å². The zero-order valence-electron chi connectivity index (χ0n) is 21.2. The van der Waals surface area contributed by atoms with Gasteiger partial charge in [0.1, 0.15) is 18.2 Å². The average molecular weight is 588 g/mol. The van der Waals surface area contributed by atoms with Gasteiger partial charge < -0.3 is 24.9 Å². The number of rotatable bonds is 11. The Labute approximate surface area is 234 Å². The fraction of sp³-hybridized carbons (Fsp3) is 0.167. The number of hydrogen-bond donors (Lipinski definition) is 3. The number of carbonyl (C=O) groups excluding carboxylic acids is 1. The number of amides is 1. The van der Waals surface area contributed by atoms with E-state index in [1.54, 1.807) is 24.3 Å². The van der Waals surface area contributed by atoms with Gasteiger partial charge in [-0.05, 0) is 82.4 Å². The molecule has 0 radical (unpaired) electrons. The first-order valence-electron chi connectivity index (χ1n) is 12.3. The Morgan fingerprint density at radius 1 is 1.13 bits per heavy atom. The molecule has 0 bridgehead atoms. The van der Waals surface area contributed by atoms with Gasteiger partial charge in [-0.15, -0.1) is 0 Å². The minimum atomic E-state index is -0.993. The van der Waals surface area contributed by atoms with Crippen LogP contribution in [0.2, 0.25) is 0 Å². The normalized spacial score (nSPS) is 11.2. The smallest absolute Gasteiger partial charge is 0.335 e. The van der Waals surface area contributed by atoms with Gasteiger partial charge in [0.2, 0.25) is 0 Å². The van der Waals surface area contributed by atoms with E-state index in [1.807, 2.05) is 43.5 Å². The number of aromatic amines is 1. The molecular weight excluding hydrogens is 562 g/mol. The first-order chi connectivity index (χ1) is 18.9. The molecule has 4 rings (SSSR count). The van der Waals surface area contributed by atoms with Crippen molar-refractivity contribution in [1.82, 2.24) is 10.3 Å². The van der Waals surface area contributed by atoms with Gasteiger partial charge in [-0.25, -0.2) is 4.79 Å². The van der Waals surface area contributed by atoms with Crippen LogP contribution in [0.3, 0.4) is 0 Å². The lowest BCUT2D eigenvalue weighted by Gasteiger charge is -2.15. The predicted octanol–water partition coefficient (Wildman–Crippen LogP) is 5.87. The number of carboxylic acids is 1. The molecule has 1 amide bonds. The van der Waals surface area contributed by atoms with Gasteiger partial charge in [-0.2, -0.15) is 5.26 Å². The van der Waals surface area contributed by atoms with E-state index in [4.69, 9.17) is 14.6 Å². The summed E-state index contributed by atoms with van der Waals surface area (Å²) in [6.45, 7) is 2.79. The Kier molecular flexibility index (Phi) is 9.02. The first-order valence-corrected chi connectivity index (χ1v) is 13.0. The van der Waals surface area contributed by atoms with Crippen molar-refractivity contribution in [3.8, 4) is 17.6 Å². The van der Waals surface area contributed by atoms with E-state index >= 15 is 0 Å². The molecule has 1 aromatic heterocycles. The van der Waals surface area contributed by atoms with Crippen LogP contribution in [-0.4, -0.2) is 35.1 Å². The van der Waals surface area contributed by atoms with Crippen molar-refractivity contribution < 1.29 is 24.2 Å². The van der Waals surface area contributed by atoms with E-state index in [0.717, 1.165) is 22.0 Å². The SMILES string of the molecule is CCOc1cc(/C=C(/C#N)C(=O)NCCc2c[nH]c3ccccc23)cc(Br)c1OCc1ccc(C(=O)O)cc1. The summed E-state index contributed by atoms with van der Waals surface area (Å²) in [5.41, 5.74) is 3.67. The third-order valence-electron chi connectivity index (χ3n) is 5.95. The summed E-state index contributed by atoms with van der Waals surface area (Å²) >= 11 is 3.51. The van der Waals surface area contributed by atoms with Gasteiger partial charge in [0.15, 0.2) is 11.5 Å². The number of ether oxygens (including phenoxy) is 2. The number of benzene rings is 3. The number of carboxylic acid groups (broad SMARTS) is 1. The highest BCUT2D eigenvalue weighted by molar-refractivity contribution is 9.10. The molecule has 0 fully saturated rings. The summed E-state index contributed by atoms with van der Waals surface area (Å²) in [5, 5.41) is 22.7. The van der Waals surface area contributed by atoms with Crippen molar-refractivity contribution in [3.63, 3.8) is 0 Å². The minimum absolute atomic E-state index is 0.0320. The topological polar surface area (TPSA) is 124 Å². The summed E-state index contributed by atoms with van der Waals surface area (Å²) in [6, 6.07) is 19.8. The van der Waals surface area contributed by atoms with Gasteiger partial charge in [0.05, 0.1) is 16.6 Å². The zero-order valence-corrected chi connectivity index (χ0v) is 22.7. The lowest BCUT2D eigenvalue weighted by atomic mass is 10.1. The van der Waals surface area contributed by atoms with Gasteiger partial charge >= 0.3 is 5.97 Å². The van der Waals surface area contributed by atoms with Crippen molar-refractivity contribution in [1.29, 1.82) is 5.26 Å². The minimum Gasteiger partial charge on any atom is -0.490 e. The Morgan fingerprint density at radius 2 is 1.90 bits per heavy atom. The lowest BCUT2D eigenvalue weighted by molar-refractivity contribution is -0.117. The van der Waals surface area contributed by atoms with Crippen LogP contribution in [0.5, 0.6) is 11.5 Å². The number of fused-ring (bicyclic) bond motifs is 1. The van der Waals surface area contributed by atoms with Crippen LogP contribution in [0.15, 0.2) is 76.9 Å². The molecule has 0 aliphatic carbocycles. The summed E-state index contributed by atoms with van der Waals surface area (Å²) in [4.78, 5) is 27.0. The highest BCUT2D eigenvalue weighted by atomic mass is 79.9. The molecule has 4 aromatic rings. The quantitative estimate of drug-likeness (QED) is 0.149. The number of halogens is 1. The molecule has 8 nitrogen and oxygen atoms in total. The van der Waals surface area contributed by atoms with Crippen LogP contribution in [0, 0.1) is 11.3 Å². The highest BCUT2D eigenvalue weighted by Gasteiger charge is 2.15. The standard InChI is InChI=1S/C30H26BrN3O5/c1-2-38-27-15-20(14-25(31)28(27)39-18-19-7-9-21(10-8-19)30(36)37)13-23(16-32)29(35)33-12-11-22-17-34-26-6-4-3-5-24(22)26/h3-10,13-15,17,34H,2,11-12,18H2,1H3,(H,33,35)(H,36,37)/b23-13-. The van der Waals surface area contributed by atoms with E-state index in [2.05, 4.69) is 26.2 Å². The summed E-state index contributed by atoms with van der Waals surface area (Å²) in [7, 11) is 0. The maximum absolute atomic E-state index is 12.7. The van der Waals surface area contributed by atoms with Crippen molar-refractivity contribution in [2.24, 2.45) is 0 Å². The number of H-pyrrole nitrogens is 1. The van der Waals surface area contributed by atoms with Gasteiger partial charge in [-0.1, -0.05) is 30.3 Å². The number of nitriles is 1. The Hall–Kier alpha value is -4.55. The average Bonchev–Trinajstić information content (AvgIpc) is 3.34. The number of carbonyl (C=O) groups is 2. The maximum atomic E-state index is 12.7. The number of nitrogens with one attached hydrogen (secondary N) is 2.